The quantitative estimate of drug-likeness (QED) is 0.798. The van der Waals surface area contributed by atoms with Crippen LogP contribution in [0.2, 0.25) is 0 Å². The van der Waals surface area contributed by atoms with E-state index in [4.69, 9.17) is 5.26 Å². The molecular formula is C13H20N4. The van der Waals surface area contributed by atoms with Crippen molar-refractivity contribution in [1.29, 1.82) is 5.26 Å². The van der Waals surface area contributed by atoms with Gasteiger partial charge in [0.05, 0.1) is 24.2 Å². The fourth-order valence-electron chi connectivity index (χ4n) is 2.69. The second-order valence-electron chi connectivity index (χ2n) is 4.76. The van der Waals surface area contributed by atoms with Gasteiger partial charge in [-0.25, -0.2) is 0 Å². The first-order valence-electron chi connectivity index (χ1n) is 6.31. The van der Waals surface area contributed by atoms with Crippen LogP contribution in [0.3, 0.4) is 0 Å². The molecule has 1 unspecified atom stereocenters. The van der Waals surface area contributed by atoms with Gasteiger partial charge in [0.25, 0.3) is 0 Å². The van der Waals surface area contributed by atoms with E-state index in [1.807, 2.05) is 6.92 Å². The Morgan fingerprint density at radius 3 is 2.82 bits per heavy atom. The van der Waals surface area contributed by atoms with Crippen molar-refractivity contribution < 1.29 is 0 Å². The Hall–Kier alpha value is -1.34. The fourth-order valence-corrected chi connectivity index (χ4v) is 2.69. The molecule has 2 heterocycles. The Morgan fingerprint density at radius 1 is 1.47 bits per heavy atom. The molecule has 17 heavy (non-hydrogen) atoms. The average molecular weight is 232 g/mol. The van der Waals surface area contributed by atoms with Crippen LogP contribution in [0.15, 0.2) is 0 Å². The molecule has 0 saturated carbocycles. The van der Waals surface area contributed by atoms with Crippen LogP contribution in [0, 0.1) is 25.2 Å². The Balaban J connectivity index is 2.23. The summed E-state index contributed by atoms with van der Waals surface area (Å²) in [6, 6.07) is 2.71. The van der Waals surface area contributed by atoms with Crippen LogP contribution in [0.1, 0.15) is 36.3 Å². The molecule has 0 aromatic carbocycles. The molecule has 1 aromatic heterocycles. The van der Waals surface area contributed by atoms with Gasteiger partial charge in [0, 0.05) is 24.3 Å². The molecule has 1 atom stereocenters. The third-order valence-electron chi connectivity index (χ3n) is 3.77. The number of hydrogen-bond donors (Lipinski definition) is 0. The molecule has 2 rings (SSSR count). The minimum absolute atomic E-state index is 0.474. The van der Waals surface area contributed by atoms with Crippen molar-refractivity contribution in [3.8, 4) is 6.07 Å². The topological polar surface area (TPSA) is 44.9 Å². The van der Waals surface area contributed by atoms with E-state index < -0.39 is 0 Å². The van der Waals surface area contributed by atoms with E-state index in [1.165, 1.54) is 12.1 Å². The van der Waals surface area contributed by atoms with Gasteiger partial charge >= 0.3 is 0 Å². The van der Waals surface area contributed by atoms with Crippen LogP contribution in [0.4, 0.5) is 0 Å². The van der Waals surface area contributed by atoms with E-state index in [1.54, 1.807) is 0 Å². The van der Waals surface area contributed by atoms with Gasteiger partial charge in [-0.3, -0.25) is 4.68 Å². The van der Waals surface area contributed by atoms with Crippen LogP contribution in [0.25, 0.3) is 0 Å². The van der Waals surface area contributed by atoms with Crippen molar-refractivity contribution in [2.24, 2.45) is 0 Å². The lowest BCUT2D eigenvalue weighted by Gasteiger charge is -2.15. The maximum absolute atomic E-state index is 8.83. The monoisotopic (exact) mass is 232 g/mol. The Bertz CT molecular complexity index is 441. The number of aromatic nitrogens is 2. The van der Waals surface area contributed by atoms with Crippen molar-refractivity contribution in [2.45, 2.75) is 39.7 Å². The lowest BCUT2D eigenvalue weighted by Crippen LogP contribution is -2.21. The van der Waals surface area contributed by atoms with Crippen molar-refractivity contribution >= 4 is 0 Å². The van der Waals surface area contributed by atoms with E-state index in [9.17, 15) is 0 Å². The maximum Gasteiger partial charge on any atom is 0.0671 e. The van der Waals surface area contributed by atoms with Crippen molar-refractivity contribution in [3.05, 3.63) is 17.0 Å². The van der Waals surface area contributed by atoms with Gasteiger partial charge < -0.3 is 4.90 Å². The summed E-state index contributed by atoms with van der Waals surface area (Å²) in [5, 5.41) is 13.4. The number of likely N-dealkylation sites (tertiary alicyclic amines) is 1. The molecule has 0 N–H and O–H groups in total. The Kier molecular flexibility index (Phi) is 3.49. The minimum Gasteiger partial charge on any atom is -0.301 e. The molecule has 1 aromatic rings. The molecule has 4 nitrogen and oxygen atoms in total. The highest BCUT2D eigenvalue weighted by molar-refractivity contribution is 5.27. The molecule has 1 saturated heterocycles. The highest BCUT2D eigenvalue weighted by Gasteiger charge is 2.25. The first-order valence-corrected chi connectivity index (χ1v) is 6.31. The van der Waals surface area contributed by atoms with E-state index in [0.29, 0.717) is 12.5 Å². The standard InChI is InChI=1S/C13H20N4/c1-4-16-8-6-12(9-16)17-11(3)13(5-7-14)10(2)15-17/h12H,4-6,8-9H2,1-3H3. The summed E-state index contributed by atoms with van der Waals surface area (Å²) in [5.41, 5.74) is 3.30. The van der Waals surface area contributed by atoms with Gasteiger partial charge in [-0.15, -0.1) is 0 Å². The van der Waals surface area contributed by atoms with Crippen LogP contribution in [-0.2, 0) is 6.42 Å². The number of likely N-dealkylation sites (N-methyl/N-ethyl adjacent to an activating group) is 1. The summed E-state index contributed by atoms with van der Waals surface area (Å²) >= 11 is 0. The molecular weight excluding hydrogens is 212 g/mol. The Labute approximate surface area is 103 Å². The van der Waals surface area contributed by atoms with Gasteiger partial charge in [-0.05, 0) is 26.8 Å². The normalized spacial score (nSPS) is 20.7. The summed E-state index contributed by atoms with van der Waals surface area (Å²) in [5.74, 6) is 0. The lowest BCUT2D eigenvalue weighted by molar-refractivity contribution is 0.334. The molecule has 0 amide bonds. The molecule has 1 fully saturated rings. The number of hydrogen-bond acceptors (Lipinski definition) is 3. The predicted octanol–water partition coefficient (Wildman–Crippen LogP) is 1.83. The lowest BCUT2D eigenvalue weighted by atomic mass is 10.1. The average Bonchev–Trinajstić information content (AvgIpc) is 2.89. The third kappa shape index (κ3) is 2.20. The first kappa shape index (κ1) is 12.1. The molecule has 1 aliphatic rings. The first-order chi connectivity index (χ1) is 8.17. The zero-order valence-electron chi connectivity index (χ0n) is 10.9. The van der Waals surface area contributed by atoms with Gasteiger partial charge in [0.2, 0.25) is 0 Å². The molecule has 0 aliphatic carbocycles. The summed E-state index contributed by atoms with van der Waals surface area (Å²) < 4.78 is 2.14. The number of nitriles is 1. The second kappa shape index (κ2) is 4.89. The van der Waals surface area contributed by atoms with E-state index in [2.05, 4.69) is 34.6 Å². The molecule has 0 radical (unpaired) electrons. The predicted molar refractivity (Wildman–Crippen MR) is 66.8 cm³/mol. The molecule has 92 valence electrons. The molecule has 4 heteroatoms. The van der Waals surface area contributed by atoms with Crippen molar-refractivity contribution in [3.63, 3.8) is 0 Å². The summed E-state index contributed by atoms with van der Waals surface area (Å²) in [6.45, 7) is 9.65. The van der Waals surface area contributed by atoms with E-state index in [0.717, 1.165) is 30.9 Å². The van der Waals surface area contributed by atoms with Gasteiger partial charge in [0.15, 0.2) is 0 Å². The van der Waals surface area contributed by atoms with Crippen LogP contribution in [0.5, 0.6) is 0 Å². The molecule has 0 spiro atoms. The third-order valence-corrected chi connectivity index (χ3v) is 3.77. The molecule has 1 aliphatic heterocycles. The summed E-state index contributed by atoms with van der Waals surface area (Å²) in [6.07, 6.45) is 1.64. The molecule has 0 bridgehead atoms. The van der Waals surface area contributed by atoms with E-state index >= 15 is 0 Å². The largest absolute Gasteiger partial charge is 0.301 e. The number of nitrogens with zero attached hydrogens (tertiary/aromatic N) is 4. The van der Waals surface area contributed by atoms with Crippen LogP contribution < -0.4 is 0 Å². The smallest absolute Gasteiger partial charge is 0.0671 e. The van der Waals surface area contributed by atoms with Gasteiger partial charge in [-0.2, -0.15) is 10.4 Å². The Morgan fingerprint density at radius 2 is 2.24 bits per heavy atom. The highest BCUT2D eigenvalue weighted by Crippen LogP contribution is 2.25. The van der Waals surface area contributed by atoms with E-state index in [-0.39, 0.29) is 0 Å². The minimum atomic E-state index is 0.474. The SMILES string of the molecule is CCN1CCC(n2nc(C)c(CC#N)c2C)C1. The van der Waals surface area contributed by atoms with Gasteiger partial charge in [0.1, 0.15) is 0 Å². The van der Waals surface area contributed by atoms with Crippen LogP contribution >= 0.6 is 0 Å². The van der Waals surface area contributed by atoms with Gasteiger partial charge in [-0.1, -0.05) is 6.92 Å². The van der Waals surface area contributed by atoms with Crippen molar-refractivity contribution in [1.82, 2.24) is 14.7 Å². The fraction of sp³-hybridized carbons (Fsp3) is 0.692. The summed E-state index contributed by atoms with van der Waals surface area (Å²) in [7, 11) is 0. The zero-order chi connectivity index (χ0) is 12.4. The second-order valence-corrected chi connectivity index (χ2v) is 4.76. The van der Waals surface area contributed by atoms with Crippen LogP contribution in [-0.4, -0.2) is 34.3 Å². The summed E-state index contributed by atoms with van der Waals surface area (Å²) in [4.78, 5) is 2.45. The maximum atomic E-state index is 8.83. The number of aryl methyl sites for hydroxylation is 1. The highest BCUT2D eigenvalue weighted by atomic mass is 15.3. The van der Waals surface area contributed by atoms with Crippen molar-refractivity contribution in [2.75, 3.05) is 19.6 Å². The number of rotatable bonds is 3. The zero-order valence-corrected chi connectivity index (χ0v) is 10.9.